The van der Waals surface area contributed by atoms with Gasteiger partial charge in [-0.25, -0.2) is 4.79 Å². The third kappa shape index (κ3) is 3.78. The molecule has 4 N–H and O–H groups in total. The van der Waals surface area contributed by atoms with E-state index in [1.54, 1.807) is 6.92 Å². The van der Waals surface area contributed by atoms with Crippen LogP contribution in [0.4, 0.5) is 0 Å². The van der Waals surface area contributed by atoms with Crippen LogP contribution in [-0.2, 0) is 4.79 Å². The van der Waals surface area contributed by atoms with Crippen LogP contribution in [0.2, 0.25) is 0 Å². The van der Waals surface area contributed by atoms with E-state index in [2.05, 4.69) is 10.3 Å². The number of carboxylic acids is 1. The van der Waals surface area contributed by atoms with Gasteiger partial charge in [0.25, 0.3) is 5.91 Å². The van der Waals surface area contributed by atoms with Crippen LogP contribution in [0.15, 0.2) is 18.3 Å². The molecular weight excluding hydrogens is 262 g/mol. The van der Waals surface area contributed by atoms with Gasteiger partial charge in [0.1, 0.15) is 11.7 Å². The monoisotopic (exact) mass is 279 g/mol. The minimum atomic E-state index is -1.10. The number of carbonyl (C=O) groups is 3. The summed E-state index contributed by atoms with van der Waals surface area (Å²) in [4.78, 5) is 37.7. The first-order valence-electron chi connectivity index (χ1n) is 6.16. The number of nitrogens with one attached hydrogen (secondary N) is 1. The van der Waals surface area contributed by atoms with Gasteiger partial charge in [-0.1, -0.05) is 20.3 Å². The maximum Gasteiger partial charge on any atom is 0.326 e. The Balaban J connectivity index is 2.83. The molecule has 108 valence electrons. The average molecular weight is 279 g/mol. The molecule has 0 spiro atoms. The van der Waals surface area contributed by atoms with Gasteiger partial charge < -0.3 is 16.2 Å². The Kier molecular flexibility index (Phi) is 5.19. The SMILES string of the molecule is CC[C@H](C)[C@H](NC(=O)c1ccc(C(N)=O)cn1)C(=O)O. The van der Waals surface area contributed by atoms with Crippen LogP contribution in [-0.4, -0.2) is 33.9 Å². The van der Waals surface area contributed by atoms with Crippen LogP contribution in [0.5, 0.6) is 0 Å². The van der Waals surface area contributed by atoms with Gasteiger partial charge in [-0.3, -0.25) is 14.6 Å². The van der Waals surface area contributed by atoms with E-state index in [1.807, 2.05) is 6.92 Å². The lowest BCUT2D eigenvalue weighted by Gasteiger charge is -2.19. The zero-order valence-electron chi connectivity index (χ0n) is 11.3. The molecule has 7 nitrogen and oxygen atoms in total. The highest BCUT2D eigenvalue weighted by molar-refractivity contribution is 5.96. The Morgan fingerprint density at radius 2 is 2.05 bits per heavy atom. The molecule has 0 fully saturated rings. The molecule has 1 rings (SSSR count). The smallest absolute Gasteiger partial charge is 0.326 e. The summed E-state index contributed by atoms with van der Waals surface area (Å²) < 4.78 is 0. The lowest BCUT2D eigenvalue weighted by atomic mass is 9.99. The molecule has 2 amide bonds. The Hall–Kier alpha value is -2.44. The average Bonchev–Trinajstić information content (AvgIpc) is 2.43. The molecule has 0 bridgehead atoms. The summed E-state index contributed by atoms with van der Waals surface area (Å²) in [5.41, 5.74) is 5.27. The molecule has 20 heavy (non-hydrogen) atoms. The Bertz CT molecular complexity index is 513. The van der Waals surface area contributed by atoms with Crippen molar-refractivity contribution in [3.8, 4) is 0 Å². The van der Waals surface area contributed by atoms with E-state index in [0.717, 1.165) is 0 Å². The molecular formula is C13H17N3O4. The summed E-state index contributed by atoms with van der Waals surface area (Å²) in [5, 5.41) is 11.5. The fourth-order valence-electron chi connectivity index (χ4n) is 1.57. The first kappa shape index (κ1) is 15.6. The number of carboxylic acid groups (broad SMARTS) is 1. The predicted molar refractivity (Wildman–Crippen MR) is 71.1 cm³/mol. The van der Waals surface area contributed by atoms with Crippen molar-refractivity contribution >= 4 is 17.8 Å². The molecule has 0 aliphatic heterocycles. The fraction of sp³-hybridized carbons (Fsp3) is 0.385. The van der Waals surface area contributed by atoms with Gasteiger partial charge >= 0.3 is 5.97 Å². The molecule has 0 aliphatic carbocycles. The highest BCUT2D eigenvalue weighted by Crippen LogP contribution is 2.09. The van der Waals surface area contributed by atoms with Crippen LogP contribution in [0.25, 0.3) is 0 Å². The van der Waals surface area contributed by atoms with Crippen LogP contribution in [0, 0.1) is 5.92 Å². The number of hydrogen-bond acceptors (Lipinski definition) is 4. The lowest BCUT2D eigenvalue weighted by molar-refractivity contribution is -0.140. The molecule has 7 heteroatoms. The normalized spacial score (nSPS) is 13.3. The lowest BCUT2D eigenvalue weighted by Crippen LogP contribution is -2.45. The number of carbonyl (C=O) groups excluding carboxylic acids is 2. The maximum atomic E-state index is 11.9. The van der Waals surface area contributed by atoms with E-state index < -0.39 is 23.8 Å². The second kappa shape index (κ2) is 6.65. The van der Waals surface area contributed by atoms with Crippen molar-refractivity contribution in [3.63, 3.8) is 0 Å². The molecule has 1 heterocycles. The van der Waals surface area contributed by atoms with E-state index in [-0.39, 0.29) is 17.2 Å². The zero-order chi connectivity index (χ0) is 15.3. The van der Waals surface area contributed by atoms with Crippen LogP contribution >= 0.6 is 0 Å². The van der Waals surface area contributed by atoms with E-state index in [9.17, 15) is 14.4 Å². The van der Waals surface area contributed by atoms with Crippen molar-refractivity contribution in [2.45, 2.75) is 26.3 Å². The van der Waals surface area contributed by atoms with Gasteiger partial charge in [-0.05, 0) is 18.1 Å². The predicted octanol–water partition coefficient (Wildman–Crippen LogP) is 0.410. The number of aliphatic carboxylic acids is 1. The molecule has 0 saturated carbocycles. The van der Waals surface area contributed by atoms with Crippen LogP contribution < -0.4 is 11.1 Å². The van der Waals surface area contributed by atoms with Gasteiger partial charge in [0.15, 0.2) is 0 Å². The van der Waals surface area contributed by atoms with Crippen molar-refractivity contribution < 1.29 is 19.5 Å². The van der Waals surface area contributed by atoms with Gasteiger partial charge in [-0.15, -0.1) is 0 Å². The summed E-state index contributed by atoms with van der Waals surface area (Å²) in [5.74, 6) is -2.55. The number of hydrogen-bond donors (Lipinski definition) is 3. The molecule has 0 saturated heterocycles. The molecule has 1 aromatic rings. The minimum absolute atomic E-state index is 0.0320. The van der Waals surface area contributed by atoms with Crippen molar-refractivity contribution in [1.29, 1.82) is 0 Å². The summed E-state index contributed by atoms with van der Waals surface area (Å²) in [7, 11) is 0. The quantitative estimate of drug-likeness (QED) is 0.696. The Morgan fingerprint density at radius 1 is 1.40 bits per heavy atom. The number of rotatable bonds is 6. The first-order chi connectivity index (χ1) is 9.36. The number of primary amides is 1. The maximum absolute atomic E-state index is 11.9. The van der Waals surface area contributed by atoms with E-state index >= 15 is 0 Å². The van der Waals surface area contributed by atoms with E-state index in [1.165, 1.54) is 18.3 Å². The minimum Gasteiger partial charge on any atom is -0.480 e. The van der Waals surface area contributed by atoms with Crippen LogP contribution in [0.1, 0.15) is 41.1 Å². The van der Waals surface area contributed by atoms with Gasteiger partial charge in [0.05, 0.1) is 5.56 Å². The van der Waals surface area contributed by atoms with Crippen molar-refractivity contribution in [3.05, 3.63) is 29.6 Å². The molecule has 0 radical (unpaired) electrons. The van der Waals surface area contributed by atoms with Gasteiger partial charge in [-0.2, -0.15) is 0 Å². The zero-order valence-corrected chi connectivity index (χ0v) is 11.3. The third-order valence-corrected chi connectivity index (χ3v) is 3.05. The number of aromatic nitrogens is 1. The first-order valence-corrected chi connectivity index (χ1v) is 6.16. The van der Waals surface area contributed by atoms with Gasteiger partial charge in [0.2, 0.25) is 5.91 Å². The summed E-state index contributed by atoms with van der Waals surface area (Å²) in [6, 6.07) is 1.71. The van der Waals surface area contributed by atoms with Gasteiger partial charge in [0, 0.05) is 6.20 Å². The summed E-state index contributed by atoms with van der Waals surface area (Å²) in [6.07, 6.45) is 1.79. The highest BCUT2D eigenvalue weighted by Gasteiger charge is 2.26. The molecule has 2 atom stereocenters. The Labute approximate surface area is 116 Å². The van der Waals surface area contributed by atoms with E-state index in [0.29, 0.717) is 6.42 Å². The number of pyridine rings is 1. The Morgan fingerprint density at radius 3 is 2.45 bits per heavy atom. The highest BCUT2D eigenvalue weighted by atomic mass is 16.4. The number of nitrogens with two attached hydrogens (primary N) is 1. The second-order valence-electron chi connectivity index (χ2n) is 4.47. The topological polar surface area (TPSA) is 122 Å². The molecule has 0 aromatic carbocycles. The summed E-state index contributed by atoms with van der Waals surface area (Å²) >= 11 is 0. The van der Waals surface area contributed by atoms with Crippen LogP contribution in [0.3, 0.4) is 0 Å². The largest absolute Gasteiger partial charge is 0.480 e. The van der Waals surface area contributed by atoms with Crippen molar-refractivity contribution in [1.82, 2.24) is 10.3 Å². The summed E-state index contributed by atoms with van der Waals surface area (Å²) in [6.45, 7) is 3.58. The number of amides is 2. The standard InChI is InChI=1S/C13H17N3O4/c1-3-7(2)10(13(19)20)16-12(18)9-5-4-8(6-15-9)11(14)17/h4-7,10H,3H2,1-2H3,(H2,14,17)(H,16,18)(H,19,20)/t7-,10-/m0/s1. The van der Waals surface area contributed by atoms with E-state index in [4.69, 9.17) is 10.8 Å². The van der Waals surface area contributed by atoms with Crippen molar-refractivity contribution in [2.24, 2.45) is 11.7 Å². The number of nitrogens with zero attached hydrogens (tertiary/aromatic N) is 1. The fourth-order valence-corrected chi connectivity index (χ4v) is 1.57. The third-order valence-electron chi connectivity index (χ3n) is 3.05. The molecule has 0 unspecified atom stereocenters. The molecule has 0 aliphatic rings. The second-order valence-corrected chi connectivity index (χ2v) is 4.47. The molecule has 1 aromatic heterocycles. The van der Waals surface area contributed by atoms with Crippen molar-refractivity contribution in [2.75, 3.05) is 0 Å².